The summed E-state index contributed by atoms with van der Waals surface area (Å²) >= 11 is 6.32. The Morgan fingerprint density at radius 3 is 2.57 bits per heavy atom. The number of hydrogen-bond acceptors (Lipinski definition) is 3. The minimum atomic E-state index is -0.302. The summed E-state index contributed by atoms with van der Waals surface area (Å²) in [5.41, 5.74) is 2.66. The zero-order chi connectivity index (χ0) is 20.9. The van der Waals surface area contributed by atoms with Crippen molar-refractivity contribution in [2.45, 2.75) is 76.2 Å². The number of halogens is 1. The molecule has 0 saturated carbocycles. The van der Waals surface area contributed by atoms with Crippen LogP contribution in [0.25, 0.3) is 0 Å². The van der Waals surface area contributed by atoms with Gasteiger partial charge in [-0.15, -0.1) is 0 Å². The van der Waals surface area contributed by atoms with Crippen molar-refractivity contribution < 1.29 is 9.53 Å². The van der Waals surface area contributed by atoms with Crippen LogP contribution in [0.2, 0.25) is 5.02 Å². The highest BCUT2D eigenvalue weighted by atomic mass is 35.5. The first kappa shape index (κ1) is 19.9. The van der Waals surface area contributed by atoms with Gasteiger partial charge in [-0.2, -0.15) is 0 Å². The van der Waals surface area contributed by atoms with Crippen LogP contribution in [-0.4, -0.2) is 34.5 Å². The Hall–Kier alpha value is -2.04. The van der Waals surface area contributed by atoms with E-state index < -0.39 is 0 Å². The number of nitrogens with zero attached hydrogens (tertiary/aromatic N) is 1. The van der Waals surface area contributed by atoms with Crippen molar-refractivity contribution in [3.63, 3.8) is 0 Å². The predicted octanol–water partition coefficient (Wildman–Crippen LogP) is 4.98. The quantitative estimate of drug-likeness (QED) is 0.752. The van der Waals surface area contributed by atoms with E-state index in [2.05, 4.69) is 40.5 Å². The second-order valence-electron chi connectivity index (χ2n) is 9.66. The van der Waals surface area contributed by atoms with E-state index in [0.29, 0.717) is 28.4 Å². The topological polar surface area (TPSA) is 41.6 Å². The van der Waals surface area contributed by atoms with E-state index in [-0.39, 0.29) is 17.6 Å². The Labute approximate surface area is 183 Å². The summed E-state index contributed by atoms with van der Waals surface area (Å²) in [5.74, 6) is 0.638. The third kappa shape index (κ3) is 3.83. The number of fused-ring (bicyclic) bond motifs is 3. The molecule has 5 rings (SSSR count). The van der Waals surface area contributed by atoms with E-state index in [1.165, 1.54) is 18.4 Å². The van der Waals surface area contributed by atoms with Crippen molar-refractivity contribution in [2.75, 3.05) is 0 Å². The van der Waals surface area contributed by atoms with Gasteiger partial charge in [-0.05, 0) is 57.2 Å². The molecule has 2 saturated heterocycles. The lowest BCUT2D eigenvalue weighted by molar-refractivity contribution is 0.0818. The molecule has 2 unspecified atom stereocenters. The lowest BCUT2D eigenvalue weighted by Crippen LogP contribution is -2.50. The maximum Gasteiger partial charge on any atom is 0.255 e. The molecule has 5 heteroatoms. The van der Waals surface area contributed by atoms with Gasteiger partial charge in [-0.1, -0.05) is 41.9 Å². The molecule has 2 aromatic carbocycles. The SMILES string of the molecule is CC1(C)Cc2cc(Cl)cc(C(=O)NC3CC4CCC(C3)N4Cc3ccccc3)c2O1. The molecule has 2 bridgehead atoms. The van der Waals surface area contributed by atoms with Gasteiger partial charge in [0.15, 0.2) is 0 Å². The number of rotatable bonds is 4. The van der Waals surface area contributed by atoms with Crippen LogP contribution in [0, 0.1) is 0 Å². The lowest BCUT2D eigenvalue weighted by Gasteiger charge is -2.39. The van der Waals surface area contributed by atoms with Crippen molar-refractivity contribution in [1.29, 1.82) is 0 Å². The monoisotopic (exact) mass is 424 g/mol. The van der Waals surface area contributed by atoms with Crippen LogP contribution in [0.5, 0.6) is 5.75 Å². The fourth-order valence-corrected chi connectivity index (χ4v) is 5.79. The van der Waals surface area contributed by atoms with Crippen molar-refractivity contribution >= 4 is 17.5 Å². The highest BCUT2D eigenvalue weighted by molar-refractivity contribution is 6.31. The van der Waals surface area contributed by atoms with E-state index in [0.717, 1.165) is 31.4 Å². The van der Waals surface area contributed by atoms with Crippen LogP contribution in [0.4, 0.5) is 0 Å². The molecule has 2 aromatic rings. The minimum absolute atomic E-state index is 0.0626. The highest BCUT2D eigenvalue weighted by Gasteiger charge is 2.41. The summed E-state index contributed by atoms with van der Waals surface area (Å²) in [5, 5.41) is 3.90. The Morgan fingerprint density at radius 2 is 1.87 bits per heavy atom. The zero-order valence-corrected chi connectivity index (χ0v) is 18.4. The lowest BCUT2D eigenvalue weighted by atomic mass is 9.95. The van der Waals surface area contributed by atoms with Gasteiger partial charge in [-0.3, -0.25) is 9.69 Å². The highest BCUT2D eigenvalue weighted by Crippen LogP contribution is 2.40. The van der Waals surface area contributed by atoms with Gasteiger partial charge in [0.1, 0.15) is 11.4 Å². The predicted molar refractivity (Wildman–Crippen MR) is 119 cm³/mol. The van der Waals surface area contributed by atoms with E-state index >= 15 is 0 Å². The molecule has 30 heavy (non-hydrogen) atoms. The molecule has 0 aromatic heterocycles. The van der Waals surface area contributed by atoms with Crippen LogP contribution < -0.4 is 10.1 Å². The molecule has 2 fully saturated rings. The molecule has 0 spiro atoms. The van der Waals surface area contributed by atoms with Crippen LogP contribution in [0.15, 0.2) is 42.5 Å². The minimum Gasteiger partial charge on any atom is -0.486 e. The van der Waals surface area contributed by atoms with Gasteiger partial charge < -0.3 is 10.1 Å². The Bertz CT molecular complexity index is 945. The summed E-state index contributed by atoms with van der Waals surface area (Å²) in [4.78, 5) is 15.8. The van der Waals surface area contributed by atoms with Crippen LogP contribution >= 0.6 is 11.6 Å². The summed E-state index contributed by atoms with van der Waals surface area (Å²) in [6.07, 6.45) is 5.21. The van der Waals surface area contributed by atoms with E-state index in [9.17, 15) is 4.79 Å². The van der Waals surface area contributed by atoms with Crippen LogP contribution in [0.1, 0.15) is 61.0 Å². The first-order chi connectivity index (χ1) is 14.4. The molecule has 4 nitrogen and oxygen atoms in total. The fourth-order valence-electron chi connectivity index (χ4n) is 5.55. The smallest absolute Gasteiger partial charge is 0.255 e. The standard InChI is InChI=1S/C25H29ClN2O2/c1-25(2)14-17-10-18(26)11-22(23(17)30-25)24(29)27-19-12-20-8-9-21(13-19)28(20)15-16-6-4-3-5-7-16/h3-7,10-11,19-21H,8-9,12-15H2,1-2H3,(H,27,29). The molecule has 3 aliphatic heterocycles. The fraction of sp³-hybridized carbons (Fsp3) is 0.480. The number of benzene rings is 2. The number of ether oxygens (including phenoxy) is 1. The van der Waals surface area contributed by atoms with Crippen molar-refractivity contribution in [2.24, 2.45) is 0 Å². The first-order valence-electron chi connectivity index (χ1n) is 11.0. The van der Waals surface area contributed by atoms with Crippen molar-refractivity contribution in [3.8, 4) is 5.75 Å². The van der Waals surface area contributed by atoms with Crippen LogP contribution in [0.3, 0.4) is 0 Å². The number of carbonyl (C=O) groups excluding carboxylic acids is 1. The Balaban J connectivity index is 1.28. The molecule has 158 valence electrons. The molecule has 1 N–H and O–H groups in total. The second-order valence-corrected chi connectivity index (χ2v) is 10.1. The van der Waals surface area contributed by atoms with E-state index in [1.54, 1.807) is 6.07 Å². The van der Waals surface area contributed by atoms with Gasteiger partial charge in [0.05, 0.1) is 5.56 Å². The van der Waals surface area contributed by atoms with E-state index in [4.69, 9.17) is 16.3 Å². The number of amides is 1. The van der Waals surface area contributed by atoms with Gasteiger partial charge in [-0.25, -0.2) is 0 Å². The number of carbonyl (C=O) groups is 1. The largest absolute Gasteiger partial charge is 0.486 e. The van der Waals surface area contributed by atoms with Crippen LogP contribution in [-0.2, 0) is 13.0 Å². The normalized spacial score (nSPS) is 26.8. The van der Waals surface area contributed by atoms with Gasteiger partial charge in [0.25, 0.3) is 5.91 Å². The van der Waals surface area contributed by atoms with Gasteiger partial charge >= 0.3 is 0 Å². The summed E-state index contributed by atoms with van der Waals surface area (Å²) < 4.78 is 6.10. The van der Waals surface area contributed by atoms with E-state index in [1.807, 2.05) is 19.9 Å². The van der Waals surface area contributed by atoms with Gasteiger partial charge in [0, 0.05) is 41.7 Å². The maximum atomic E-state index is 13.2. The average molecular weight is 425 g/mol. The van der Waals surface area contributed by atoms with Gasteiger partial charge in [0.2, 0.25) is 0 Å². The number of nitrogens with one attached hydrogen (secondary N) is 1. The third-order valence-corrected chi connectivity index (χ3v) is 7.02. The molecular weight excluding hydrogens is 396 g/mol. The Morgan fingerprint density at radius 1 is 1.17 bits per heavy atom. The average Bonchev–Trinajstić information content (AvgIpc) is 3.12. The molecule has 3 heterocycles. The third-order valence-electron chi connectivity index (χ3n) is 6.80. The zero-order valence-electron chi connectivity index (χ0n) is 17.7. The summed E-state index contributed by atoms with van der Waals surface area (Å²) in [6.45, 7) is 5.09. The summed E-state index contributed by atoms with van der Waals surface area (Å²) in [7, 11) is 0. The molecule has 2 atom stereocenters. The summed E-state index contributed by atoms with van der Waals surface area (Å²) in [6, 6.07) is 15.6. The number of piperidine rings is 1. The Kier molecular flexibility index (Phi) is 5.03. The van der Waals surface area contributed by atoms with Crippen molar-refractivity contribution in [1.82, 2.24) is 10.2 Å². The maximum absolute atomic E-state index is 13.2. The number of hydrogen-bond donors (Lipinski definition) is 1. The molecule has 3 aliphatic rings. The first-order valence-corrected chi connectivity index (χ1v) is 11.4. The van der Waals surface area contributed by atoms with Crippen molar-refractivity contribution in [3.05, 3.63) is 64.2 Å². The molecule has 1 amide bonds. The molecule has 0 radical (unpaired) electrons. The second kappa shape index (κ2) is 7.58. The molecular formula is C25H29ClN2O2. The molecule has 0 aliphatic carbocycles.